The molecule has 1 aromatic carbocycles. The first-order valence-corrected chi connectivity index (χ1v) is 11.2. The smallest absolute Gasteiger partial charge is 0.0979 e. The minimum absolute atomic E-state index is 0.0793. The van der Waals surface area contributed by atoms with Crippen LogP contribution in [0.25, 0.3) is 0 Å². The molecule has 1 aromatic rings. The number of nitrogens with one attached hydrogen (secondary N) is 1. The Bertz CT molecular complexity index is 743. The van der Waals surface area contributed by atoms with Crippen molar-refractivity contribution in [2.45, 2.75) is 78.4 Å². The largest absolute Gasteiger partial charge is 0.393 e. The van der Waals surface area contributed by atoms with Crippen LogP contribution in [-0.4, -0.2) is 23.1 Å². The van der Waals surface area contributed by atoms with Crippen LogP contribution >= 0.6 is 15.9 Å². The number of hydrogen-bond acceptors (Lipinski definition) is 2. The zero-order chi connectivity index (χ0) is 19.4. The van der Waals surface area contributed by atoms with E-state index in [1.54, 1.807) is 0 Å². The van der Waals surface area contributed by atoms with Crippen LogP contribution in [0.15, 0.2) is 33.7 Å². The van der Waals surface area contributed by atoms with Gasteiger partial charge in [0, 0.05) is 10.2 Å². The fraction of sp³-hybridized carbons (Fsp3) is 0.696. The van der Waals surface area contributed by atoms with Crippen molar-refractivity contribution < 1.29 is 5.11 Å². The fourth-order valence-electron chi connectivity index (χ4n) is 6.74. The number of rotatable bonds is 2. The van der Waals surface area contributed by atoms with E-state index in [0.717, 1.165) is 54.0 Å². The van der Waals surface area contributed by atoms with E-state index < -0.39 is 0 Å². The molecule has 0 saturated heterocycles. The Hall–Kier alpha value is -0.870. The van der Waals surface area contributed by atoms with Gasteiger partial charge in [-0.1, -0.05) is 36.7 Å². The Morgan fingerprint density at radius 1 is 1.15 bits per heavy atom. The Labute approximate surface area is 172 Å². The summed E-state index contributed by atoms with van der Waals surface area (Å²) in [5.74, 6) is 1.73. The minimum Gasteiger partial charge on any atom is -0.393 e. The first-order valence-electron chi connectivity index (χ1n) is 10.4. The van der Waals surface area contributed by atoms with Gasteiger partial charge in [-0.05, 0) is 91.9 Å². The first kappa shape index (κ1) is 19.4. The molecule has 27 heavy (non-hydrogen) atoms. The molecule has 0 heterocycles. The third-order valence-electron chi connectivity index (χ3n) is 7.96. The van der Waals surface area contributed by atoms with Crippen LogP contribution < -0.4 is 5.32 Å². The summed E-state index contributed by atoms with van der Waals surface area (Å²) in [6, 6.07) is 8.62. The Kier molecular flexibility index (Phi) is 4.74. The van der Waals surface area contributed by atoms with Crippen LogP contribution in [0.1, 0.15) is 66.2 Å². The highest BCUT2D eigenvalue weighted by atomic mass is 79.9. The topological polar surface area (TPSA) is 44.6 Å². The number of halogens is 1. The maximum absolute atomic E-state index is 10.7. The van der Waals surface area contributed by atoms with Gasteiger partial charge in [-0.2, -0.15) is 0 Å². The van der Waals surface area contributed by atoms with E-state index in [9.17, 15) is 5.11 Å². The first-order chi connectivity index (χ1) is 12.6. The molecule has 2 N–H and O–H groups in total. The van der Waals surface area contributed by atoms with Gasteiger partial charge < -0.3 is 10.4 Å². The lowest BCUT2D eigenvalue weighted by atomic mass is 9.49. The molecule has 4 heteroatoms. The molecule has 148 valence electrons. The zero-order valence-electron chi connectivity index (χ0n) is 17.1. The summed E-state index contributed by atoms with van der Waals surface area (Å²) >= 11 is 3.49. The third-order valence-corrected chi connectivity index (χ3v) is 8.49. The normalized spacial score (nSPS) is 40.5. The maximum atomic E-state index is 10.7. The Balaban J connectivity index is 1.62. The second kappa shape index (κ2) is 6.59. The number of benzene rings is 1. The number of aliphatic hydroxyl groups is 1. The molecule has 1 spiro atoms. The second-order valence-electron chi connectivity index (χ2n) is 10.3. The SMILES string of the molecule is CC(=N[C@H]1CC(C)(C)[C@@H]2CC[C@]3(C)C[C@]12CC[C@H]3O)Nc1ccc(Br)cc1. The molecule has 0 aliphatic heterocycles. The number of fused-ring (bicyclic) bond motifs is 1. The lowest BCUT2D eigenvalue weighted by Gasteiger charge is -2.57. The van der Waals surface area contributed by atoms with Crippen molar-refractivity contribution in [3.8, 4) is 0 Å². The molecule has 3 fully saturated rings. The van der Waals surface area contributed by atoms with E-state index in [2.05, 4.69) is 73.2 Å². The van der Waals surface area contributed by atoms with E-state index in [0.29, 0.717) is 11.5 Å². The monoisotopic (exact) mass is 432 g/mol. The molecular weight excluding hydrogens is 400 g/mol. The average Bonchev–Trinajstić information content (AvgIpc) is 2.79. The molecule has 5 atom stereocenters. The number of nitrogens with zero attached hydrogens (tertiary/aromatic N) is 1. The molecule has 3 aliphatic carbocycles. The molecule has 0 amide bonds. The van der Waals surface area contributed by atoms with Crippen molar-refractivity contribution in [1.82, 2.24) is 0 Å². The van der Waals surface area contributed by atoms with E-state index in [1.165, 1.54) is 6.42 Å². The predicted molar refractivity (Wildman–Crippen MR) is 116 cm³/mol. The van der Waals surface area contributed by atoms with Crippen molar-refractivity contribution in [2.24, 2.45) is 27.2 Å². The summed E-state index contributed by atoms with van der Waals surface area (Å²) in [7, 11) is 0. The van der Waals surface area contributed by atoms with Crippen LogP contribution in [0.4, 0.5) is 5.69 Å². The van der Waals surface area contributed by atoms with Gasteiger partial charge in [-0.15, -0.1) is 0 Å². The Morgan fingerprint density at radius 2 is 1.85 bits per heavy atom. The van der Waals surface area contributed by atoms with E-state index in [4.69, 9.17) is 4.99 Å². The van der Waals surface area contributed by atoms with Crippen molar-refractivity contribution in [3.05, 3.63) is 28.7 Å². The maximum Gasteiger partial charge on any atom is 0.0979 e. The highest BCUT2D eigenvalue weighted by molar-refractivity contribution is 9.10. The van der Waals surface area contributed by atoms with Gasteiger partial charge in [0.15, 0.2) is 0 Å². The fourth-order valence-corrected chi connectivity index (χ4v) is 7.00. The summed E-state index contributed by atoms with van der Waals surface area (Å²) in [5, 5.41) is 14.1. The number of aliphatic imine (C=N–C) groups is 1. The molecule has 2 bridgehead atoms. The van der Waals surface area contributed by atoms with Gasteiger partial charge in [-0.25, -0.2) is 0 Å². The highest BCUT2D eigenvalue weighted by Crippen LogP contribution is 2.69. The lowest BCUT2D eigenvalue weighted by Crippen LogP contribution is -2.54. The van der Waals surface area contributed by atoms with E-state index in [-0.39, 0.29) is 16.9 Å². The van der Waals surface area contributed by atoms with Gasteiger partial charge in [0.2, 0.25) is 0 Å². The average molecular weight is 433 g/mol. The van der Waals surface area contributed by atoms with Gasteiger partial charge in [0.05, 0.1) is 18.0 Å². The van der Waals surface area contributed by atoms with Crippen LogP contribution in [0, 0.1) is 22.2 Å². The van der Waals surface area contributed by atoms with Gasteiger partial charge in [0.25, 0.3) is 0 Å². The summed E-state index contributed by atoms with van der Waals surface area (Å²) in [6.07, 6.45) is 6.62. The molecule has 3 nitrogen and oxygen atoms in total. The summed E-state index contributed by atoms with van der Waals surface area (Å²) < 4.78 is 1.09. The molecule has 3 aliphatic rings. The molecule has 0 radical (unpaired) electrons. The standard InChI is InChI=1S/C23H33BrN2O/c1-15(25-17-7-5-16(24)6-8-17)26-19-13-21(2,3)18-9-11-22(4)14-23(18,19)12-10-20(22)27/h5-8,18-20,27H,9-14H2,1-4H3,(H,25,26)/t18-,19-,20+,22+,23-/m0/s1. The summed E-state index contributed by atoms with van der Waals surface area (Å²) in [6.45, 7) is 9.30. The second-order valence-corrected chi connectivity index (χ2v) is 11.2. The number of aliphatic hydroxyl groups excluding tert-OH is 1. The van der Waals surface area contributed by atoms with Gasteiger partial charge >= 0.3 is 0 Å². The molecule has 0 aromatic heterocycles. The van der Waals surface area contributed by atoms with E-state index in [1.807, 2.05) is 0 Å². The quantitative estimate of drug-likeness (QED) is 0.442. The number of hydrogen-bond donors (Lipinski definition) is 2. The van der Waals surface area contributed by atoms with Crippen LogP contribution in [0.3, 0.4) is 0 Å². The minimum atomic E-state index is -0.139. The van der Waals surface area contributed by atoms with E-state index >= 15 is 0 Å². The van der Waals surface area contributed by atoms with Crippen molar-refractivity contribution in [2.75, 3.05) is 5.32 Å². The summed E-state index contributed by atoms with van der Waals surface area (Å²) in [4.78, 5) is 5.25. The van der Waals surface area contributed by atoms with Gasteiger partial charge in [-0.3, -0.25) is 4.99 Å². The Morgan fingerprint density at radius 3 is 2.56 bits per heavy atom. The number of amidine groups is 1. The highest BCUT2D eigenvalue weighted by Gasteiger charge is 2.64. The third kappa shape index (κ3) is 3.27. The molecule has 0 unspecified atom stereocenters. The molecule has 3 saturated carbocycles. The van der Waals surface area contributed by atoms with Crippen molar-refractivity contribution in [3.63, 3.8) is 0 Å². The molecule has 4 rings (SSSR count). The number of anilines is 1. The zero-order valence-corrected chi connectivity index (χ0v) is 18.6. The van der Waals surface area contributed by atoms with Crippen LogP contribution in [0.2, 0.25) is 0 Å². The summed E-state index contributed by atoms with van der Waals surface area (Å²) in [5.41, 5.74) is 1.75. The van der Waals surface area contributed by atoms with Crippen LogP contribution in [-0.2, 0) is 0 Å². The van der Waals surface area contributed by atoms with Gasteiger partial charge in [0.1, 0.15) is 0 Å². The van der Waals surface area contributed by atoms with Crippen LogP contribution in [0.5, 0.6) is 0 Å². The van der Waals surface area contributed by atoms with Crippen molar-refractivity contribution >= 4 is 27.5 Å². The van der Waals surface area contributed by atoms with Crippen molar-refractivity contribution in [1.29, 1.82) is 0 Å². The molecular formula is C23H33BrN2O. The lowest BCUT2D eigenvalue weighted by molar-refractivity contribution is -0.119. The predicted octanol–water partition coefficient (Wildman–Crippen LogP) is 6.03.